The number of piperidine rings is 1. The molecule has 0 radical (unpaired) electrons. The van der Waals surface area contributed by atoms with E-state index < -0.39 is 23.7 Å². The highest BCUT2D eigenvalue weighted by atomic mass is 19.1. The molecule has 2 saturated carbocycles. The van der Waals surface area contributed by atoms with Gasteiger partial charge in [-0.25, -0.2) is 8.78 Å². The minimum Gasteiger partial charge on any atom is -0.385 e. The van der Waals surface area contributed by atoms with Crippen LogP contribution >= 0.6 is 0 Å². The number of hydrogen-bond donors (Lipinski definition) is 3. The van der Waals surface area contributed by atoms with Crippen LogP contribution in [-0.4, -0.2) is 104 Å². The minimum absolute atomic E-state index is 0.140. The number of rotatable bonds is 9. The molecule has 10 heteroatoms. The number of ether oxygens (including phenoxy) is 1. The lowest BCUT2D eigenvalue weighted by molar-refractivity contribution is -0.129. The van der Waals surface area contributed by atoms with Crippen LogP contribution in [0.5, 0.6) is 0 Å². The number of hydrogen-bond acceptors (Lipinski definition) is 7. The molecule has 2 saturated heterocycles. The second-order valence-corrected chi connectivity index (χ2v) is 16.1. The van der Waals surface area contributed by atoms with E-state index in [1.165, 1.54) is 25.3 Å². The predicted molar refractivity (Wildman–Crippen MR) is 184 cm³/mol. The van der Waals surface area contributed by atoms with Crippen molar-refractivity contribution in [3.63, 3.8) is 0 Å². The molecule has 4 heterocycles. The smallest absolute Gasteiger partial charge is 0.227 e. The van der Waals surface area contributed by atoms with Crippen molar-refractivity contribution < 1.29 is 18.3 Å². The normalized spacial score (nSPS) is 39.8. The number of alkyl halides is 1. The molecule has 2 bridgehead atoms. The largest absolute Gasteiger partial charge is 0.385 e. The number of carbonyl (C=O) groups is 1. The maximum atomic E-state index is 16.5. The Bertz CT molecular complexity index is 1110. The molecule has 6 aliphatic rings. The standard InChI is InChI=1S/C37H62F2N6O2/c1-3-4-5-15-37(45-19-11-28(12-20-45)47-29-10-18-44(2)25-29)31(39)23-41-24-32(37)43-35(46)33-30-21-26(34(33)40)8-16-36(13-6-7-14-36)17-9-27(38)22-42-30/h22-23,26,28-34,42H,3-21,24-25,40H2,1-2H3,(H,43,46)/b27-22+/t26?,29-,30?,31?,32?,33?,34?,37?/m1/s1. The van der Waals surface area contributed by atoms with Crippen LogP contribution in [0.2, 0.25) is 0 Å². The first kappa shape index (κ1) is 35.2. The fraction of sp³-hybridized carbons (Fsp3) is 0.892. The van der Waals surface area contributed by atoms with E-state index in [4.69, 9.17) is 10.5 Å². The van der Waals surface area contributed by atoms with Crippen LogP contribution in [0.3, 0.4) is 0 Å². The van der Waals surface area contributed by atoms with Gasteiger partial charge in [0.2, 0.25) is 5.91 Å². The molecule has 7 unspecified atom stereocenters. The van der Waals surface area contributed by atoms with Gasteiger partial charge in [-0.1, -0.05) is 39.0 Å². The zero-order valence-corrected chi connectivity index (χ0v) is 29.1. The minimum atomic E-state index is -1.28. The average molecular weight is 661 g/mol. The molecule has 1 amide bonds. The molecule has 0 aromatic heterocycles. The lowest BCUT2D eigenvalue weighted by atomic mass is 9.75. The number of nitrogens with zero attached hydrogens (tertiary/aromatic N) is 3. The summed E-state index contributed by atoms with van der Waals surface area (Å²) in [4.78, 5) is 23.5. The van der Waals surface area contributed by atoms with Gasteiger partial charge in [-0.05, 0) is 82.6 Å². The molecule has 47 heavy (non-hydrogen) atoms. The molecule has 266 valence electrons. The van der Waals surface area contributed by atoms with Crippen LogP contribution in [0, 0.1) is 17.3 Å². The van der Waals surface area contributed by atoms with Crippen molar-refractivity contribution in [2.24, 2.45) is 28.0 Å². The van der Waals surface area contributed by atoms with E-state index >= 15 is 8.78 Å². The van der Waals surface area contributed by atoms with Gasteiger partial charge in [0, 0.05) is 57.1 Å². The maximum Gasteiger partial charge on any atom is 0.227 e. The fourth-order valence-electron chi connectivity index (χ4n) is 10.3. The summed E-state index contributed by atoms with van der Waals surface area (Å²) < 4.78 is 38.1. The average Bonchev–Trinajstić information content (AvgIpc) is 3.78. The fourth-order valence-corrected chi connectivity index (χ4v) is 10.3. The molecular formula is C37H62F2N6O2. The summed E-state index contributed by atoms with van der Waals surface area (Å²) in [5.74, 6) is -0.597. The Morgan fingerprint density at radius 3 is 2.60 bits per heavy atom. The molecule has 6 rings (SSSR count). The maximum absolute atomic E-state index is 16.5. The van der Waals surface area contributed by atoms with E-state index in [1.807, 2.05) is 0 Å². The van der Waals surface area contributed by atoms with Gasteiger partial charge in [0.1, 0.15) is 5.83 Å². The Kier molecular flexibility index (Phi) is 11.6. The topological polar surface area (TPSA) is 95.2 Å². The van der Waals surface area contributed by atoms with Gasteiger partial charge in [-0.15, -0.1) is 0 Å². The van der Waals surface area contributed by atoms with Crippen molar-refractivity contribution in [1.29, 1.82) is 0 Å². The number of likely N-dealkylation sites (N-methyl/N-ethyl adjacent to an activating group) is 1. The Balaban J connectivity index is 1.18. The first-order valence-corrected chi connectivity index (χ1v) is 19.1. The first-order chi connectivity index (χ1) is 22.7. The predicted octanol–water partition coefficient (Wildman–Crippen LogP) is 5.26. The summed E-state index contributed by atoms with van der Waals surface area (Å²) >= 11 is 0. The van der Waals surface area contributed by atoms with Gasteiger partial charge in [0.25, 0.3) is 0 Å². The number of likely N-dealkylation sites (tertiary alicyclic amines) is 2. The van der Waals surface area contributed by atoms with E-state index in [-0.39, 0.29) is 47.4 Å². The third kappa shape index (κ3) is 7.76. The Hall–Kier alpha value is -1.62. The number of allylic oxidation sites excluding steroid dienone is 1. The lowest BCUT2D eigenvalue weighted by Crippen LogP contribution is -2.71. The van der Waals surface area contributed by atoms with Gasteiger partial charge in [-0.3, -0.25) is 14.7 Å². The monoisotopic (exact) mass is 660 g/mol. The molecule has 4 N–H and O–H groups in total. The van der Waals surface area contributed by atoms with Crippen LogP contribution in [-0.2, 0) is 9.53 Å². The number of fused-ring (bicyclic) bond motifs is 2. The Morgan fingerprint density at radius 2 is 1.87 bits per heavy atom. The first-order valence-electron chi connectivity index (χ1n) is 19.1. The second kappa shape index (κ2) is 15.5. The number of unbranched alkanes of at least 4 members (excludes halogenated alkanes) is 2. The molecule has 0 aromatic carbocycles. The van der Waals surface area contributed by atoms with E-state index in [2.05, 4.69) is 39.4 Å². The van der Waals surface area contributed by atoms with E-state index in [9.17, 15) is 4.79 Å². The van der Waals surface area contributed by atoms with Crippen LogP contribution in [0.25, 0.3) is 0 Å². The number of aliphatic imine (C=N–C) groups is 1. The second-order valence-electron chi connectivity index (χ2n) is 16.1. The lowest BCUT2D eigenvalue weighted by Gasteiger charge is -2.53. The third-order valence-corrected chi connectivity index (χ3v) is 13.2. The summed E-state index contributed by atoms with van der Waals surface area (Å²) in [7, 11) is 2.14. The van der Waals surface area contributed by atoms with Crippen LogP contribution in [0.1, 0.15) is 110 Å². The van der Waals surface area contributed by atoms with E-state index in [1.54, 1.807) is 0 Å². The number of carbonyl (C=O) groups excluding carboxylic acids is 1. The van der Waals surface area contributed by atoms with Gasteiger partial charge in [-0.2, -0.15) is 0 Å². The number of nitrogens with one attached hydrogen (secondary N) is 2. The van der Waals surface area contributed by atoms with Gasteiger partial charge in [0.05, 0.1) is 36.3 Å². The molecule has 4 fully saturated rings. The molecule has 4 aliphatic heterocycles. The summed E-state index contributed by atoms with van der Waals surface area (Å²) in [6.45, 7) is 6.04. The SMILES string of the molecule is CCCCCC1(N2CCC(O[C@@H]3CCN(C)C3)CC2)C(F)C=NCC1NC(=O)C1C2CC(CCC3(CCCC3)CC/C(F)=C\N2)C1N. The molecule has 8 nitrogen and oxygen atoms in total. The Labute approximate surface area is 282 Å². The van der Waals surface area contributed by atoms with Crippen LogP contribution < -0.4 is 16.4 Å². The third-order valence-electron chi connectivity index (χ3n) is 13.2. The van der Waals surface area contributed by atoms with Crippen molar-refractivity contribution in [1.82, 2.24) is 20.4 Å². The van der Waals surface area contributed by atoms with E-state index in [0.717, 1.165) is 103 Å². The summed E-state index contributed by atoms with van der Waals surface area (Å²) in [6.07, 6.45) is 17.4. The number of nitrogens with two attached hydrogens (primary N) is 1. The van der Waals surface area contributed by atoms with Gasteiger partial charge < -0.3 is 26.0 Å². The summed E-state index contributed by atoms with van der Waals surface area (Å²) in [6, 6.07) is -1.04. The van der Waals surface area contributed by atoms with Gasteiger partial charge in [0.15, 0.2) is 6.17 Å². The molecule has 2 aliphatic carbocycles. The highest BCUT2D eigenvalue weighted by molar-refractivity contribution is 5.82. The van der Waals surface area contributed by atoms with Crippen molar-refractivity contribution in [3.8, 4) is 0 Å². The molecule has 0 aromatic rings. The zero-order valence-electron chi connectivity index (χ0n) is 29.1. The highest BCUT2D eigenvalue weighted by Crippen LogP contribution is 2.49. The molecular weight excluding hydrogens is 598 g/mol. The zero-order chi connectivity index (χ0) is 33.0. The molecule has 1 spiro atoms. The van der Waals surface area contributed by atoms with E-state index in [0.29, 0.717) is 19.4 Å². The van der Waals surface area contributed by atoms with Crippen LogP contribution in [0.15, 0.2) is 17.0 Å². The van der Waals surface area contributed by atoms with Crippen molar-refractivity contribution in [2.75, 3.05) is 39.8 Å². The quantitative estimate of drug-likeness (QED) is 0.292. The summed E-state index contributed by atoms with van der Waals surface area (Å²) in [5, 5.41) is 6.66. The number of amides is 1. The van der Waals surface area contributed by atoms with Gasteiger partial charge >= 0.3 is 0 Å². The van der Waals surface area contributed by atoms with Crippen molar-refractivity contribution in [3.05, 3.63) is 12.0 Å². The molecule has 8 atom stereocenters. The van der Waals surface area contributed by atoms with Crippen molar-refractivity contribution >= 4 is 12.1 Å². The summed E-state index contributed by atoms with van der Waals surface area (Å²) in [5.41, 5.74) is 6.29. The van der Waals surface area contributed by atoms with Crippen molar-refractivity contribution in [2.45, 2.75) is 152 Å². The number of halogens is 2. The highest BCUT2D eigenvalue weighted by Gasteiger charge is 2.54. The Morgan fingerprint density at radius 1 is 1.11 bits per heavy atom. The van der Waals surface area contributed by atoms with Crippen LogP contribution in [0.4, 0.5) is 8.78 Å².